The van der Waals surface area contributed by atoms with E-state index in [1.54, 1.807) is 14.2 Å². The maximum absolute atomic E-state index is 5.71. The third kappa shape index (κ3) is 1.62. The molecular formula is C11H16I2O2. The van der Waals surface area contributed by atoms with Gasteiger partial charge in [-0.3, -0.25) is 0 Å². The summed E-state index contributed by atoms with van der Waals surface area (Å²) in [6.45, 7) is 0. The van der Waals surface area contributed by atoms with Gasteiger partial charge in [0.1, 0.15) is 0 Å². The van der Waals surface area contributed by atoms with Crippen molar-refractivity contribution in [2.45, 2.75) is 5.79 Å². The van der Waals surface area contributed by atoms with E-state index in [1.165, 1.54) is 8.86 Å². The summed E-state index contributed by atoms with van der Waals surface area (Å²) in [6, 6.07) is 0. The molecule has 0 aliphatic heterocycles. The Kier molecular flexibility index (Phi) is 4.00. The topological polar surface area (TPSA) is 18.5 Å². The van der Waals surface area contributed by atoms with Gasteiger partial charge in [-0.1, -0.05) is 57.3 Å². The van der Waals surface area contributed by atoms with Gasteiger partial charge in [0.15, 0.2) is 5.79 Å². The maximum Gasteiger partial charge on any atom is 0.180 e. The van der Waals surface area contributed by atoms with Gasteiger partial charge in [0.2, 0.25) is 0 Å². The molecule has 0 radical (unpaired) electrons. The van der Waals surface area contributed by atoms with Gasteiger partial charge in [-0.2, -0.15) is 0 Å². The average molecular weight is 434 g/mol. The molecule has 0 N–H and O–H groups in total. The lowest BCUT2D eigenvalue weighted by Gasteiger charge is -2.32. The second-order valence-electron chi connectivity index (χ2n) is 4.20. The van der Waals surface area contributed by atoms with Crippen LogP contribution in [-0.4, -0.2) is 28.9 Å². The van der Waals surface area contributed by atoms with Crippen molar-refractivity contribution in [2.75, 3.05) is 23.1 Å². The first kappa shape index (κ1) is 12.6. The largest absolute Gasteiger partial charge is 0.352 e. The van der Waals surface area contributed by atoms with Crippen LogP contribution in [0.5, 0.6) is 0 Å². The number of halogens is 2. The fourth-order valence-electron chi connectivity index (χ4n) is 3.19. The Balaban J connectivity index is 2.34. The standard InChI is InChI=1S/C11H16I2O2/c1-14-11(15-2)9-3-4-10(11)8(6-13)7(9)5-12/h3-4,7-10H,5-6H2,1-2H3/t7-,8-,9-,10+/m1/s1. The first-order chi connectivity index (χ1) is 7.25. The smallest absolute Gasteiger partial charge is 0.180 e. The lowest BCUT2D eigenvalue weighted by atomic mass is 9.86. The van der Waals surface area contributed by atoms with E-state index in [4.69, 9.17) is 9.47 Å². The number of fused-ring (bicyclic) bond motifs is 2. The number of hydrogen-bond acceptors (Lipinski definition) is 2. The molecule has 0 saturated heterocycles. The molecule has 2 nitrogen and oxygen atoms in total. The van der Waals surface area contributed by atoms with E-state index in [0.29, 0.717) is 23.7 Å². The number of alkyl halides is 2. The molecule has 0 unspecified atom stereocenters. The maximum atomic E-state index is 5.71. The van der Waals surface area contributed by atoms with Crippen molar-refractivity contribution in [3.63, 3.8) is 0 Å². The second kappa shape index (κ2) is 4.78. The lowest BCUT2D eigenvalue weighted by molar-refractivity contribution is -0.233. The average Bonchev–Trinajstić information content (AvgIpc) is 2.78. The number of ether oxygens (including phenoxy) is 2. The predicted octanol–water partition coefficient (Wildman–Crippen LogP) is 2.89. The highest BCUT2D eigenvalue weighted by atomic mass is 127. The Morgan fingerprint density at radius 1 is 1.00 bits per heavy atom. The van der Waals surface area contributed by atoms with Crippen LogP contribution in [0.3, 0.4) is 0 Å². The molecule has 0 aromatic carbocycles. The Hall–Kier alpha value is 1.12. The van der Waals surface area contributed by atoms with E-state index in [9.17, 15) is 0 Å². The highest BCUT2D eigenvalue weighted by Crippen LogP contribution is 2.57. The molecule has 0 spiro atoms. The minimum atomic E-state index is -0.369. The molecule has 1 saturated carbocycles. The van der Waals surface area contributed by atoms with Gasteiger partial charge in [-0.05, 0) is 11.8 Å². The molecule has 2 bridgehead atoms. The predicted molar refractivity (Wildman–Crippen MR) is 77.6 cm³/mol. The summed E-state index contributed by atoms with van der Waals surface area (Å²) in [5, 5.41) is 0. The summed E-state index contributed by atoms with van der Waals surface area (Å²) in [6.07, 6.45) is 4.59. The van der Waals surface area contributed by atoms with Gasteiger partial charge in [-0.25, -0.2) is 0 Å². The third-order valence-corrected chi connectivity index (χ3v) is 5.96. The van der Waals surface area contributed by atoms with E-state index in [-0.39, 0.29) is 5.79 Å². The molecule has 0 heterocycles. The fourth-order valence-corrected chi connectivity index (χ4v) is 5.60. The van der Waals surface area contributed by atoms with Crippen molar-refractivity contribution in [2.24, 2.45) is 23.7 Å². The summed E-state index contributed by atoms with van der Waals surface area (Å²) in [5.74, 6) is 1.92. The summed E-state index contributed by atoms with van der Waals surface area (Å²) in [5.41, 5.74) is 0. The zero-order chi connectivity index (χ0) is 11.1. The van der Waals surface area contributed by atoms with E-state index < -0.39 is 0 Å². The number of rotatable bonds is 4. The number of methoxy groups -OCH3 is 2. The van der Waals surface area contributed by atoms with Crippen LogP contribution < -0.4 is 0 Å². The van der Waals surface area contributed by atoms with Crippen molar-refractivity contribution in [1.29, 1.82) is 0 Å². The van der Waals surface area contributed by atoms with Crippen molar-refractivity contribution in [3.05, 3.63) is 12.2 Å². The molecule has 4 heteroatoms. The molecule has 2 aliphatic rings. The minimum absolute atomic E-state index is 0.369. The first-order valence-electron chi connectivity index (χ1n) is 5.15. The monoisotopic (exact) mass is 434 g/mol. The van der Waals surface area contributed by atoms with E-state index in [2.05, 4.69) is 57.3 Å². The molecule has 86 valence electrons. The summed E-state index contributed by atoms with van der Waals surface area (Å²) < 4.78 is 13.8. The van der Waals surface area contributed by atoms with Crippen molar-refractivity contribution < 1.29 is 9.47 Å². The lowest BCUT2D eigenvalue weighted by Crippen LogP contribution is -2.41. The summed E-state index contributed by atoms with van der Waals surface area (Å²) in [7, 11) is 3.55. The minimum Gasteiger partial charge on any atom is -0.352 e. The van der Waals surface area contributed by atoms with Crippen LogP contribution in [0.15, 0.2) is 12.2 Å². The zero-order valence-electron chi connectivity index (χ0n) is 8.95. The highest BCUT2D eigenvalue weighted by Gasteiger charge is 2.61. The SMILES string of the molecule is COC1(OC)[C@@H]2C=C[C@H]1[C@H](CI)[C@H]2CI. The summed E-state index contributed by atoms with van der Waals surface area (Å²) in [4.78, 5) is 0. The molecule has 0 aromatic rings. The first-order valence-corrected chi connectivity index (χ1v) is 8.20. The molecule has 15 heavy (non-hydrogen) atoms. The van der Waals surface area contributed by atoms with Gasteiger partial charge in [0.05, 0.1) is 0 Å². The molecule has 2 rings (SSSR count). The Morgan fingerprint density at radius 3 is 1.67 bits per heavy atom. The van der Waals surface area contributed by atoms with Crippen LogP contribution in [0.2, 0.25) is 0 Å². The molecule has 2 aliphatic carbocycles. The third-order valence-electron chi connectivity index (χ3n) is 3.92. The van der Waals surface area contributed by atoms with E-state index in [0.717, 1.165) is 0 Å². The molecule has 1 fully saturated rings. The Bertz CT molecular complexity index is 241. The molecular weight excluding hydrogens is 418 g/mol. The van der Waals surface area contributed by atoms with E-state index >= 15 is 0 Å². The fraction of sp³-hybridized carbons (Fsp3) is 0.818. The van der Waals surface area contributed by atoms with Gasteiger partial charge in [-0.15, -0.1) is 0 Å². The quantitative estimate of drug-likeness (QED) is 0.294. The highest BCUT2D eigenvalue weighted by molar-refractivity contribution is 14.1. The van der Waals surface area contributed by atoms with Crippen LogP contribution in [0.4, 0.5) is 0 Å². The second-order valence-corrected chi connectivity index (χ2v) is 5.96. The zero-order valence-corrected chi connectivity index (χ0v) is 13.3. The van der Waals surface area contributed by atoms with Crippen LogP contribution in [0.1, 0.15) is 0 Å². The number of hydrogen-bond donors (Lipinski definition) is 0. The van der Waals surface area contributed by atoms with Crippen molar-refractivity contribution in [3.8, 4) is 0 Å². The van der Waals surface area contributed by atoms with Gasteiger partial charge in [0, 0.05) is 34.9 Å². The molecule has 0 amide bonds. The van der Waals surface area contributed by atoms with Crippen LogP contribution in [-0.2, 0) is 9.47 Å². The van der Waals surface area contributed by atoms with Gasteiger partial charge >= 0.3 is 0 Å². The summed E-state index contributed by atoms with van der Waals surface area (Å²) >= 11 is 4.98. The van der Waals surface area contributed by atoms with Crippen molar-refractivity contribution >= 4 is 45.2 Å². The van der Waals surface area contributed by atoms with Crippen LogP contribution in [0, 0.1) is 23.7 Å². The van der Waals surface area contributed by atoms with Gasteiger partial charge in [0.25, 0.3) is 0 Å². The van der Waals surface area contributed by atoms with Crippen LogP contribution in [0.25, 0.3) is 0 Å². The Morgan fingerprint density at radius 2 is 1.40 bits per heavy atom. The van der Waals surface area contributed by atoms with Gasteiger partial charge < -0.3 is 9.47 Å². The molecule has 0 aromatic heterocycles. The van der Waals surface area contributed by atoms with Crippen LogP contribution >= 0.6 is 45.2 Å². The molecule has 4 atom stereocenters. The normalized spacial score (nSPS) is 41.3. The van der Waals surface area contributed by atoms with E-state index in [1.807, 2.05) is 0 Å². The Labute approximate surface area is 118 Å². The van der Waals surface area contributed by atoms with Crippen molar-refractivity contribution in [1.82, 2.24) is 0 Å².